The number of ether oxygens (including phenoxy) is 1. The van der Waals surface area contributed by atoms with Gasteiger partial charge in [0.15, 0.2) is 0 Å². The van der Waals surface area contributed by atoms with Crippen molar-refractivity contribution in [3.63, 3.8) is 0 Å². The minimum Gasteiger partial charge on any atom is -0.381 e. The lowest BCUT2D eigenvalue weighted by molar-refractivity contribution is 0.100. The highest BCUT2D eigenvalue weighted by atomic mass is 32.2. The third-order valence-corrected chi connectivity index (χ3v) is 6.06. The molecule has 0 aromatic heterocycles. The molecule has 2 rings (SSSR count). The molecule has 0 saturated carbocycles. The molecule has 1 heterocycles. The Hall–Kier alpha value is -0.560. The van der Waals surface area contributed by atoms with E-state index in [0.29, 0.717) is 16.7 Å². The van der Waals surface area contributed by atoms with Gasteiger partial charge < -0.3 is 4.74 Å². The van der Waals surface area contributed by atoms with Gasteiger partial charge in [0.05, 0.1) is 4.90 Å². The normalized spacial score (nSPS) is 17.2. The van der Waals surface area contributed by atoms with Crippen molar-refractivity contribution >= 4 is 21.8 Å². The molecule has 0 unspecified atom stereocenters. The Kier molecular flexibility index (Phi) is 5.89. The maximum Gasteiger partial charge on any atom is 0.240 e. The molecule has 1 aliphatic rings. The van der Waals surface area contributed by atoms with E-state index in [9.17, 15) is 8.42 Å². The molecule has 0 spiro atoms. The summed E-state index contributed by atoms with van der Waals surface area (Å²) in [5, 5.41) is 0.604. The molecular weight excluding hydrogens is 294 g/mol. The molecule has 0 amide bonds. The molecule has 20 heavy (non-hydrogen) atoms. The Morgan fingerprint density at radius 2 is 2.10 bits per heavy atom. The maximum absolute atomic E-state index is 12.1. The van der Waals surface area contributed by atoms with Crippen molar-refractivity contribution in [2.75, 3.05) is 25.5 Å². The summed E-state index contributed by atoms with van der Waals surface area (Å²) in [6, 6.07) is 6.97. The van der Waals surface area contributed by atoms with E-state index in [1.54, 1.807) is 18.2 Å². The highest BCUT2D eigenvalue weighted by molar-refractivity contribution is 8.00. The molecule has 6 heteroatoms. The molecule has 0 bridgehead atoms. The van der Waals surface area contributed by atoms with Gasteiger partial charge >= 0.3 is 0 Å². The average molecular weight is 315 g/mol. The number of hydrogen-bond acceptors (Lipinski definition) is 4. The number of benzene rings is 1. The van der Waals surface area contributed by atoms with Crippen LogP contribution < -0.4 is 4.72 Å². The quantitative estimate of drug-likeness (QED) is 0.818. The van der Waals surface area contributed by atoms with Crippen LogP contribution in [0.1, 0.15) is 18.4 Å². The summed E-state index contributed by atoms with van der Waals surface area (Å²) in [5.74, 6) is 0.801. The van der Waals surface area contributed by atoms with E-state index in [1.807, 2.05) is 24.8 Å². The van der Waals surface area contributed by atoms with Crippen molar-refractivity contribution in [3.05, 3.63) is 29.8 Å². The van der Waals surface area contributed by atoms with Gasteiger partial charge in [-0.05, 0) is 37.5 Å². The van der Waals surface area contributed by atoms with E-state index in [0.717, 1.165) is 37.4 Å². The Balaban J connectivity index is 1.78. The number of hydrogen-bond donors (Lipinski definition) is 1. The van der Waals surface area contributed by atoms with Gasteiger partial charge in [-0.2, -0.15) is 11.8 Å². The number of rotatable bonds is 6. The Morgan fingerprint density at radius 1 is 1.35 bits per heavy atom. The van der Waals surface area contributed by atoms with Gasteiger partial charge in [0.1, 0.15) is 0 Å². The van der Waals surface area contributed by atoms with Crippen molar-refractivity contribution in [2.24, 2.45) is 0 Å². The van der Waals surface area contributed by atoms with Gasteiger partial charge in [-0.15, -0.1) is 0 Å². The molecule has 0 aliphatic carbocycles. The second-order valence-electron chi connectivity index (χ2n) is 4.90. The fourth-order valence-electron chi connectivity index (χ4n) is 2.11. The van der Waals surface area contributed by atoms with Crippen LogP contribution in [0, 0.1) is 6.92 Å². The van der Waals surface area contributed by atoms with Crippen LogP contribution in [-0.2, 0) is 14.8 Å². The van der Waals surface area contributed by atoms with E-state index < -0.39 is 10.0 Å². The molecule has 1 aliphatic heterocycles. The molecule has 0 radical (unpaired) electrons. The first-order chi connectivity index (χ1) is 9.58. The van der Waals surface area contributed by atoms with E-state index in [-0.39, 0.29) is 0 Å². The molecule has 4 nitrogen and oxygen atoms in total. The number of thioether (sulfide) groups is 1. The molecule has 0 atom stereocenters. The number of nitrogens with one attached hydrogen (secondary N) is 1. The molecule has 1 aromatic carbocycles. The van der Waals surface area contributed by atoms with E-state index >= 15 is 0 Å². The highest BCUT2D eigenvalue weighted by Gasteiger charge is 2.16. The predicted molar refractivity (Wildman–Crippen MR) is 82.7 cm³/mol. The fourth-order valence-corrected chi connectivity index (χ4v) is 4.45. The molecule has 112 valence electrons. The average Bonchev–Trinajstić information content (AvgIpc) is 2.45. The number of aryl methyl sites for hydroxylation is 1. The SMILES string of the molecule is Cc1cccc(S(=O)(=O)NCCSC2CCOCC2)c1. The van der Waals surface area contributed by atoms with E-state index in [2.05, 4.69) is 4.72 Å². The summed E-state index contributed by atoms with van der Waals surface area (Å²) < 4.78 is 32.2. The second-order valence-corrected chi connectivity index (χ2v) is 8.07. The Bertz CT molecular complexity index is 525. The van der Waals surface area contributed by atoms with Gasteiger partial charge in [-0.1, -0.05) is 12.1 Å². The van der Waals surface area contributed by atoms with Crippen LogP contribution in [0.5, 0.6) is 0 Å². The highest BCUT2D eigenvalue weighted by Crippen LogP contribution is 2.21. The van der Waals surface area contributed by atoms with Crippen LogP contribution in [0.25, 0.3) is 0 Å². The zero-order valence-corrected chi connectivity index (χ0v) is 13.3. The lowest BCUT2D eigenvalue weighted by atomic mass is 10.2. The summed E-state index contributed by atoms with van der Waals surface area (Å²) >= 11 is 1.83. The summed E-state index contributed by atoms with van der Waals surface area (Å²) in [7, 11) is -3.37. The van der Waals surface area contributed by atoms with E-state index in [1.165, 1.54) is 0 Å². The molecule has 1 fully saturated rings. The first kappa shape index (κ1) is 15.8. The lowest BCUT2D eigenvalue weighted by Gasteiger charge is -2.21. The third-order valence-electron chi connectivity index (χ3n) is 3.22. The zero-order valence-electron chi connectivity index (χ0n) is 11.7. The van der Waals surface area contributed by atoms with Gasteiger partial charge in [-0.25, -0.2) is 13.1 Å². The summed E-state index contributed by atoms with van der Waals surface area (Å²) in [5.41, 5.74) is 0.949. The first-order valence-corrected chi connectivity index (χ1v) is 9.37. The van der Waals surface area contributed by atoms with Gasteiger partial charge in [-0.3, -0.25) is 0 Å². The lowest BCUT2D eigenvalue weighted by Crippen LogP contribution is -2.27. The van der Waals surface area contributed by atoms with Crippen molar-refractivity contribution in [2.45, 2.75) is 29.9 Å². The zero-order chi connectivity index (χ0) is 14.4. The first-order valence-electron chi connectivity index (χ1n) is 6.83. The topological polar surface area (TPSA) is 55.4 Å². The largest absolute Gasteiger partial charge is 0.381 e. The van der Waals surface area contributed by atoms with Gasteiger partial charge in [0, 0.05) is 30.8 Å². The van der Waals surface area contributed by atoms with Crippen molar-refractivity contribution in [1.82, 2.24) is 4.72 Å². The third kappa shape index (κ3) is 4.77. The van der Waals surface area contributed by atoms with Crippen LogP contribution in [0.4, 0.5) is 0 Å². The Labute approximate surface area is 125 Å². The van der Waals surface area contributed by atoms with Crippen LogP contribution >= 0.6 is 11.8 Å². The molecule has 1 N–H and O–H groups in total. The summed E-state index contributed by atoms with van der Waals surface area (Å²) in [4.78, 5) is 0.341. The van der Waals surface area contributed by atoms with Crippen molar-refractivity contribution < 1.29 is 13.2 Å². The fraction of sp³-hybridized carbons (Fsp3) is 0.571. The summed E-state index contributed by atoms with van der Waals surface area (Å²) in [6.45, 7) is 4.01. The van der Waals surface area contributed by atoms with Crippen LogP contribution in [-0.4, -0.2) is 39.2 Å². The van der Waals surface area contributed by atoms with Crippen molar-refractivity contribution in [1.29, 1.82) is 0 Å². The van der Waals surface area contributed by atoms with E-state index in [4.69, 9.17) is 4.74 Å². The van der Waals surface area contributed by atoms with Crippen molar-refractivity contribution in [3.8, 4) is 0 Å². The molecule has 1 aromatic rings. The standard InChI is InChI=1S/C14H21NO3S2/c1-12-3-2-4-14(11-12)20(16,17)15-7-10-19-13-5-8-18-9-6-13/h2-4,11,13,15H,5-10H2,1H3. The van der Waals surface area contributed by atoms with Crippen LogP contribution in [0.2, 0.25) is 0 Å². The van der Waals surface area contributed by atoms with Crippen LogP contribution in [0.15, 0.2) is 29.2 Å². The molecular formula is C14H21NO3S2. The maximum atomic E-state index is 12.1. The van der Waals surface area contributed by atoms with Gasteiger partial charge in [0.2, 0.25) is 10.0 Å². The van der Waals surface area contributed by atoms with Gasteiger partial charge in [0.25, 0.3) is 0 Å². The summed E-state index contributed by atoms with van der Waals surface area (Å²) in [6.07, 6.45) is 2.13. The minimum absolute atomic E-state index is 0.341. The predicted octanol–water partition coefficient (Wildman–Crippen LogP) is 2.19. The minimum atomic E-state index is -3.37. The molecule has 1 saturated heterocycles. The second kappa shape index (κ2) is 7.45. The monoisotopic (exact) mass is 315 g/mol. The smallest absolute Gasteiger partial charge is 0.240 e. The van der Waals surface area contributed by atoms with Crippen LogP contribution in [0.3, 0.4) is 0 Å². The number of sulfonamides is 1. The Morgan fingerprint density at radius 3 is 2.80 bits per heavy atom.